The fourth-order valence-electron chi connectivity index (χ4n) is 3.20. The van der Waals surface area contributed by atoms with Crippen LogP contribution in [0.1, 0.15) is 37.8 Å². The number of guanidine groups is 1. The third-order valence-electron chi connectivity index (χ3n) is 4.83. The molecule has 0 saturated carbocycles. The number of aryl methyl sites for hydroxylation is 1. The first kappa shape index (κ1) is 24.1. The first-order valence-electron chi connectivity index (χ1n) is 9.79. The van der Waals surface area contributed by atoms with Gasteiger partial charge in [0.25, 0.3) is 0 Å². The maximum absolute atomic E-state index is 5.65. The predicted molar refractivity (Wildman–Crippen MR) is 123 cm³/mol. The first-order chi connectivity index (χ1) is 12.6. The highest BCUT2D eigenvalue weighted by atomic mass is 127. The van der Waals surface area contributed by atoms with Crippen LogP contribution in [-0.4, -0.2) is 67.8 Å². The molecule has 1 aliphatic rings. The van der Waals surface area contributed by atoms with Crippen LogP contribution in [0, 0.1) is 6.92 Å². The van der Waals surface area contributed by atoms with E-state index in [2.05, 4.69) is 52.3 Å². The first-order valence-corrected chi connectivity index (χ1v) is 9.79. The average molecular weight is 489 g/mol. The monoisotopic (exact) mass is 489 g/mol. The maximum atomic E-state index is 5.65. The van der Waals surface area contributed by atoms with Crippen molar-refractivity contribution in [2.75, 3.05) is 39.8 Å². The molecular formula is C20H36IN5O. The van der Waals surface area contributed by atoms with E-state index in [4.69, 9.17) is 4.74 Å². The second-order valence-electron chi connectivity index (χ2n) is 7.23. The molecule has 1 saturated heterocycles. The Labute approximate surface area is 181 Å². The van der Waals surface area contributed by atoms with Gasteiger partial charge in [0, 0.05) is 51.7 Å². The van der Waals surface area contributed by atoms with Crippen molar-refractivity contribution < 1.29 is 4.74 Å². The van der Waals surface area contributed by atoms with Crippen molar-refractivity contribution in [1.82, 2.24) is 20.5 Å². The van der Waals surface area contributed by atoms with Crippen LogP contribution in [0.4, 0.5) is 0 Å². The fourth-order valence-corrected chi connectivity index (χ4v) is 3.20. The van der Waals surface area contributed by atoms with Crippen LogP contribution < -0.4 is 10.6 Å². The molecule has 1 aromatic heterocycles. The minimum absolute atomic E-state index is 0. The number of pyridine rings is 1. The van der Waals surface area contributed by atoms with Crippen LogP contribution in [0.15, 0.2) is 23.5 Å². The molecule has 0 atom stereocenters. The van der Waals surface area contributed by atoms with Gasteiger partial charge in [-0.3, -0.25) is 9.98 Å². The zero-order valence-corrected chi connectivity index (χ0v) is 19.5. The molecule has 0 unspecified atom stereocenters. The minimum atomic E-state index is 0. The highest BCUT2D eigenvalue weighted by Crippen LogP contribution is 2.10. The van der Waals surface area contributed by atoms with Crippen LogP contribution in [-0.2, 0) is 11.2 Å². The Morgan fingerprint density at radius 3 is 2.74 bits per heavy atom. The molecular weight excluding hydrogens is 453 g/mol. The van der Waals surface area contributed by atoms with Gasteiger partial charge in [-0.2, -0.15) is 0 Å². The predicted octanol–water partition coefficient (Wildman–Crippen LogP) is 2.60. The Kier molecular flexibility index (Phi) is 11.9. The van der Waals surface area contributed by atoms with Crippen LogP contribution in [0.5, 0.6) is 0 Å². The molecule has 0 aromatic carbocycles. The maximum Gasteiger partial charge on any atom is 0.191 e. The SMILES string of the molecule is CN=C(NCCc1ccncc1C)NC1CCN(CCOC(C)C)CC1.I. The molecule has 27 heavy (non-hydrogen) atoms. The van der Waals surface area contributed by atoms with Crippen LogP contribution in [0.3, 0.4) is 0 Å². The number of hydrogen-bond donors (Lipinski definition) is 2. The summed E-state index contributed by atoms with van der Waals surface area (Å²) < 4.78 is 5.65. The molecule has 6 nitrogen and oxygen atoms in total. The summed E-state index contributed by atoms with van der Waals surface area (Å²) in [4.78, 5) is 11.0. The van der Waals surface area contributed by atoms with Crippen molar-refractivity contribution >= 4 is 29.9 Å². The number of rotatable bonds is 8. The van der Waals surface area contributed by atoms with Gasteiger partial charge in [0.05, 0.1) is 12.7 Å². The fraction of sp³-hybridized carbons (Fsp3) is 0.700. The van der Waals surface area contributed by atoms with Gasteiger partial charge in [-0.05, 0) is 57.2 Å². The number of nitrogens with zero attached hydrogens (tertiary/aromatic N) is 3. The average Bonchev–Trinajstić information content (AvgIpc) is 2.63. The third kappa shape index (κ3) is 9.21. The van der Waals surface area contributed by atoms with Crippen LogP contribution in [0.2, 0.25) is 0 Å². The zero-order chi connectivity index (χ0) is 18.8. The van der Waals surface area contributed by atoms with Gasteiger partial charge in [-0.1, -0.05) is 0 Å². The molecule has 7 heteroatoms. The molecule has 0 spiro atoms. The summed E-state index contributed by atoms with van der Waals surface area (Å²) in [6, 6.07) is 2.58. The van der Waals surface area contributed by atoms with Gasteiger partial charge < -0.3 is 20.3 Å². The van der Waals surface area contributed by atoms with Crippen molar-refractivity contribution in [1.29, 1.82) is 0 Å². The summed E-state index contributed by atoms with van der Waals surface area (Å²) in [5.74, 6) is 0.901. The number of aliphatic imine (C=N–C) groups is 1. The number of likely N-dealkylation sites (tertiary alicyclic amines) is 1. The summed E-state index contributed by atoms with van der Waals surface area (Å²) in [6.07, 6.45) is 7.36. The summed E-state index contributed by atoms with van der Waals surface area (Å²) in [5.41, 5.74) is 2.57. The van der Waals surface area contributed by atoms with Crippen molar-refractivity contribution in [3.63, 3.8) is 0 Å². The normalized spacial score (nSPS) is 16.3. The molecule has 0 radical (unpaired) electrons. The van der Waals surface area contributed by atoms with Crippen molar-refractivity contribution in [3.05, 3.63) is 29.6 Å². The van der Waals surface area contributed by atoms with E-state index in [-0.39, 0.29) is 24.0 Å². The second kappa shape index (κ2) is 13.3. The number of halogens is 1. The van der Waals surface area contributed by atoms with Gasteiger partial charge in [-0.15, -0.1) is 24.0 Å². The van der Waals surface area contributed by atoms with E-state index >= 15 is 0 Å². The van der Waals surface area contributed by atoms with E-state index in [0.717, 1.165) is 58.0 Å². The summed E-state index contributed by atoms with van der Waals surface area (Å²) in [7, 11) is 1.84. The van der Waals surface area contributed by atoms with E-state index in [1.807, 2.05) is 19.4 Å². The Morgan fingerprint density at radius 2 is 2.11 bits per heavy atom. The van der Waals surface area contributed by atoms with Gasteiger partial charge in [-0.25, -0.2) is 0 Å². The Hall–Kier alpha value is -0.930. The van der Waals surface area contributed by atoms with Crippen molar-refractivity contribution in [2.45, 2.75) is 52.2 Å². The van der Waals surface area contributed by atoms with Gasteiger partial charge >= 0.3 is 0 Å². The lowest BCUT2D eigenvalue weighted by atomic mass is 10.1. The molecule has 2 rings (SSSR count). The number of hydrogen-bond acceptors (Lipinski definition) is 4. The summed E-state index contributed by atoms with van der Waals surface area (Å²) >= 11 is 0. The molecule has 1 aliphatic heterocycles. The van der Waals surface area contributed by atoms with Crippen molar-refractivity contribution in [3.8, 4) is 0 Å². The quantitative estimate of drug-likeness (QED) is 0.334. The largest absolute Gasteiger partial charge is 0.377 e. The van der Waals surface area contributed by atoms with Gasteiger partial charge in [0.1, 0.15) is 0 Å². The molecule has 2 N–H and O–H groups in total. The molecule has 1 fully saturated rings. The molecule has 0 bridgehead atoms. The molecule has 0 aliphatic carbocycles. The zero-order valence-electron chi connectivity index (χ0n) is 17.2. The lowest BCUT2D eigenvalue weighted by molar-refractivity contribution is 0.0532. The van der Waals surface area contributed by atoms with Crippen LogP contribution in [0.25, 0.3) is 0 Å². The highest BCUT2D eigenvalue weighted by molar-refractivity contribution is 14.0. The lowest BCUT2D eigenvalue weighted by Gasteiger charge is -2.33. The van der Waals surface area contributed by atoms with Crippen molar-refractivity contribution in [2.24, 2.45) is 4.99 Å². The molecule has 1 aromatic rings. The standard InChI is InChI=1S/C20H35N5O.HI/c1-16(2)26-14-13-25-11-7-19(8-12-25)24-20(21-4)23-10-6-18-5-9-22-15-17(18)3;/h5,9,15-16,19H,6-8,10-14H2,1-4H3,(H2,21,23,24);1H. The van der Waals surface area contributed by atoms with E-state index in [1.165, 1.54) is 11.1 Å². The summed E-state index contributed by atoms with van der Waals surface area (Å²) in [5, 5.41) is 7.01. The van der Waals surface area contributed by atoms with E-state index < -0.39 is 0 Å². The van der Waals surface area contributed by atoms with Gasteiger partial charge in [0.2, 0.25) is 0 Å². The molecule has 154 valence electrons. The van der Waals surface area contributed by atoms with Crippen LogP contribution >= 0.6 is 24.0 Å². The Balaban J connectivity index is 0.00000364. The lowest BCUT2D eigenvalue weighted by Crippen LogP contribution is -2.49. The number of ether oxygens (including phenoxy) is 1. The van der Waals surface area contributed by atoms with E-state index in [0.29, 0.717) is 12.1 Å². The number of aromatic nitrogens is 1. The van der Waals surface area contributed by atoms with E-state index in [1.54, 1.807) is 0 Å². The minimum Gasteiger partial charge on any atom is -0.377 e. The Bertz CT molecular complexity index is 559. The molecule has 2 heterocycles. The Morgan fingerprint density at radius 1 is 1.37 bits per heavy atom. The number of piperidine rings is 1. The third-order valence-corrected chi connectivity index (χ3v) is 4.83. The van der Waals surface area contributed by atoms with E-state index in [9.17, 15) is 0 Å². The summed E-state index contributed by atoms with van der Waals surface area (Å²) in [6.45, 7) is 11.2. The molecule has 0 amide bonds. The topological polar surface area (TPSA) is 61.8 Å². The smallest absolute Gasteiger partial charge is 0.191 e. The number of nitrogens with one attached hydrogen (secondary N) is 2. The van der Waals surface area contributed by atoms with Gasteiger partial charge in [0.15, 0.2) is 5.96 Å². The second-order valence-corrected chi connectivity index (χ2v) is 7.23. The highest BCUT2D eigenvalue weighted by Gasteiger charge is 2.19.